The number of H-pyrrole nitrogens is 1. The van der Waals surface area contributed by atoms with Gasteiger partial charge in [0.05, 0.1) is 0 Å². The van der Waals surface area contributed by atoms with Crippen LogP contribution in [0, 0.1) is 0 Å². The number of nitrogens with zero attached hydrogens (tertiary/aromatic N) is 2. The summed E-state index contributed by atoms with van der Waals surface area (Å²) in [5.41, 5.74) is 2.17. The molecule has 2 aromatic rings. The number of rotatable bonds is 5. The Bertz CT molecular complexity index is 861. The minimum atomic E-state index is -0.177. The van der Waals surface area contributed by atoms with Crippen LogP contribution in [0.1, 0.15) is 12.8 Å². The van der Waals surface area contributed by atoms with Crippen molar-refractivity contribution < 1.29 is 4.79 Å². The number of carbonyl (C=O) groups excluding carboxylic acids is 1. The lowest BCUT2D eigenvalue weighted by Crippen LogP contribution is -2.45. The standard InChI is InChI=1S/C19H23N5O2/c1-3-18(25)24-8-4-5-15(12-24)23-16-9-14(11-22-19(16)26)13-6-7-21-17(10-13)20-2/h3,6-7,9-11,15,23H,1,4-5,8,12H2,2H3,(H,20,21)(H,22,26)/t15-/m0/s1. The Kier molecular flexibility index (Phi) is 5.36. The average Bonchev–Trinajstić information content (AvgIpc) is 2.69. The smallest absolute Gasteiger partial charge is 0.271 e. The molecular formula is C19H23N5O2. The SMILES string of the molecule is C=CC(=O)N1CCC[C@H](Nc2cc(-c3ccnc(NC)c3)c[nH]c2=O)C1. The van der Waals surface area contributed by atoms with Crippen molar-refractivity contribution in [2.45, 2.75) is 18.9 Å². The maximum atomic E-state index is 12.2. The van der Waals surface area contributed by atoms with Gasteiger partial charge in [0.25, 0.3) is 5.56 Å². The average molecular weight is 353 g/mol. The zero-order chi connectivity index (χ0) is 18.5. The molecule has 3 heterocycles. The predicted octanol–water partition coefficient (Wildman–Crippen LogP) is 2.07. The summed E-state index contributed by atoms with van der Waals surface area (Å²) >= 11 is 0. The van der Waals surface area contributed by atoms with Crippen LogP contribution in [0.5, 0.6) is 0 Å². The van der Waals surface area contributed by atoms with Gasteiger partial charge in [0.2, 0.25) is 5.91 Å². The van der Waals surface area contributed by atoms with E-state index < -0.39 is 0 Å². The molecule has 1 fully saturated rings. The molecule has 1 saturated heterocycles. The number of piperidine rings is 1. The van der Waals surface area contributed by atoms with E-state index in [1.165, 1.54) is 6.08 Å². The molecule has 3 rings (SSSR count). The van der Waals surface area contributed by atoms with Crippen molar-refractivity contribution in [3.05, 3.63) is 53.6 Å². The number of aromatic amines is 1. The first kappa shape index (κ1) is 17.7. The third kappa shape index (κ3) is 3.93. The molecule has 1 aliphatic rings. The Balaban J connectivity index is 1.81. The zero-order valence-electron chi connectivity index (χ0n) is 14.8. The van der Waals surface area contributed by atoms with Crippen LogP contribution in [-0.2, 0) is 4.79 Å². The predicted molar refractivity (Wildman–Crippen MR) is 103 cm³/mol. The Labute approximate surface area is 152 Å². The van der Waals surface area contributed by atoms with Gasteiger partial charge in [-0.25, -0.2) is 4.98 Å². The van der Waals surface area contributed by atoms with Gasteiger partial charge in [-0.2, -0.15) is 0 Å². The molecule has 0 bridgehead atoms. The van der Waals surface area contributed by atoms with Crippen LogP contribution >= 0.6 is 0 Å². The van der Waals surface area contributed by atoms with Gasteiger partial charge in [-0.1, -0.05) is 6.58 Å². The van der Waals surface area contributed by atoms with Gasteiger partial charge in [-0.05, 0) is 42.7 Å². The topological polar surface area (TPSA) is 90.1 Å². The van der Waals surface area contributed by atoms with E-state index in [0.29, 0.717) is 12.2 Å². The number of hydrogen-bond acceptors (Lipinski definition) is 5. The molecule has 7 heteroatoms. The van der Waals surface area contributed by atoms with Crippen LogP contribution < -0.4 is 16.2 Å². The van der Waals surface area contributed by atoms with Gasteiger partial charge in [0.15, 0.2) is 0 Å². The van der Waals surface area contributed by atoms with Crippen LogP contribution in [0.3, 0.4) is 0 Å². The second-order valence-corrected chi connectivity index (χ2v) is 6.28. The number of likely N-dealkylation sites (tertiary alicyclic amines) is 1. The monoisotopic (exact) mass is 353 g/mol. The van der Waals surface area contributed by atoms with Crippen molar-refractivity contribution >= 4 is 17.4 Å². The fourth-order valence-corrected chi connectivity index (χ4v) is 3.15. The molecule has 1 atom stereocenters. The molecule has 1 aliphatic heterocycles. The van der Waals surface area contributed by atoms with Crippen molar-refractivity contribution in [2.24, 2.45) is 0 Å². The Hall–Kier alpha value is -3.09. The summed E-state index contributed by atoms with van der Waals surface area (Å²) in [6.07, 6.45) is 6.54. The van der Waals surface area contributed by atoms with Gasteiger partial charge in [-0.15, -0.1) is 0 Å². The van der Waals surface area contributed by atoms with Crippen LogP contribution in [0.15, 0.2) is 48.0 Å². The minimum absolute atomic E-state index is 0.0364. The minimum Gasteiger partial charge on any atom is -0.376 e. The van der Waals surface area contributed by atoms with Crippen molar-refractivity contribution in [2.75, 3.05) is 30.8 Å². The molecular weight excluding hydrogens is 330 g/mol. The third-order valence-electron chi connectivity index (χ3n) is 4.52. The Morgan fingerprint density at radius 3 is 3.04 bits per heavy atom. The van der Waals surface area contributed by atoms with Crippen molar-refractivity contribution in [3.8, 4) is 11.1 Å². The first-order valence-corrected chi connectivity index (χ1v) is 8.65. The summed E-state index contributed by atoms with van der Waals surface area (Å²) in [6, 6.07) is 5.68. The first-order chi connectivity index (χ1) is 12.6. The molecule has 0 saturated carbocycles. The lowest BCUT2D eigenvalue weighted by molar-refractivity contribution is -0.127. The van der Waals surface area contributed by atoms with Crippen LogP contribution in [-0.4, -0.2) is 47.0 Å². The molecule has 136 valence electrons. The molecule has 1 amide bonds. The van der Waals surface area contributed by atoms with Gasteiger partial charge in [0, 0.05) is 44.1 Å². The van der Waals surface area contributed by atoms with E-state index in [4.69, 9.17) is 0 Å². The summed E-state index contributed by atoms with van der Waals surface area (Å²) in [4.78, 5) is 32.8. The number of hydrogen-bond donors (Lipinski definition) is 3. The van der Waals surface area contributed by atoms with E-state index >= 15 is 0 Å². The van der Waals surface area contributed by atoms with Gasteiger partial charge < -0.3 is 20.5 Å². The highest BCUT2D eigenvalue weighted by Gasteiger charge is 2.22. The van der Waals surface area contributed by atoms with E-state index in [0.717, 1.165) is 36.3 Å². The number of amides is 1. The lowest BCUT2D eigenvalue weighted by atomic mass is 10.0. The van der Waals surface area contributed by atoms with Crippen molar-refractivity contribution in [1.82, 2.24) is 14.9 Å². The van der Waals surface area contributed by atoms with E-state index in [9.17, 15) is 9.59 Å². The Morgan fingerprint density at radius 1 is 1.42 bits per heavy atom. The summed E-state index contributed by atoms with van der Waals surface area (Å²) in [6.45, 7) is 4.83. The number of carbonyl (C=O) groups is 1. The number of anilines is 2. The molecule has 3 N–H and O–H groups in total. The van der Waals surface area contributed by atoms with Gasteiger partial charge in [0.1, 0.15) is 11.5 Å². The van der Waals surface area contributed by atoms with E-state index in [2.05, 4.69) is 27.2 Å². The zero-order valence-corrected chi connectivity index (χ0v) is 14.8. The highest BCUT2D eigenvalue weighted by molar-refractivity contribution is 5.87. The number of nitrogens with one attached hydrogen (secondary N) is 3. The second kappa shape index (κ2) is 7.86. The van der Waals surface area contributed by atoms with Gasteiger partial charge >= 0.3 is 0 Å². The Morgan fingerprint density at radius 2 is 2.27 bits per heavy atom. The highest BCUT2D eigenvalue weighted by Crippen LogP contribution is 2.22. The van der Waals surface area contributed by atoms with Crippen molar-refractivity contribution in [1.29, 1.82) is 0 Å². The molecule has 0 unspecified atom stereocenters. The largest absolute Gasteiger partial charge is 0.376 e. The van der Waals surface area contributed by atoms with Crippen LogP contribution in [0.4, 0.5) is 11.5 Å². The second-order valence-electron chi connectivity index (χ2n) is 6.28. The van der Waals surface area contributed by atoms with Crippen molar-refractivity contribution in [3.63, 3.8) is 0 Å². The fraction of sp³-hybridized carbons (Fsp3) is 0.316. The summed E-state index contributed by atoms with van der Waals surface area (Å²) in [5, 5.41) is 6.30. The molecule has 0 aromatic carbocycles. The molecule has 2 aromatic heterocycles. The molecule has 0 spiro atoms. The first-order valence-electron chi connectivity index (χ1n) is 8.65. The van der Waals surface area contributed by atoms with E-state index in [-0.39, 0.29) is 17.5 Å². The molecule has 0 radical (unpaired) electrons. The van der Waals surface area contributed by atoms with E-state index in [1.807, 2.05) is 25.2 Å². The maximum absolute atomic E-state index is 12.2. The van der Waals surface area contributed by atoms with E-state index in [1.54, 1.807) is 17.3 Å². The normalized spacial score (nSPS) is 16.8. The highest BCUT2D eigenvalue weighted by atomic mass is 16.2. The number of pyridine rings is 2. The quantitative estimate of drug-likeness (QED) is 0.716. The van der Waals surface area contributed by atoms with Crippen LogP contribution in [0.2, 0.25) is 0 Å². The molecule has 26 heavy (non-hydrogen) atoms. The maximum Gasteiger partial charge on any atom is 0.271 e. The summed E-state index contributed by atoms with van der Waals surface area (Å²) in [5.74, 6) is 0.685. The van der Waals surface area contributed by atoms with Gasteiger partial charge in [-0.3, -0.25) is 9.59 Å². The lowest BCUT2D eigenvalue weighted by Gasteiger charge is -2.32. The van der Waals surface area contributed by atoms with Crippen LogP contribution in [0.25, 0.3) is 11.1 Å². The third-order valence-corrected chi connectivity index (χ3v) is 4.52. The molecule has 0 aliphatic carbocycles. The number of aromatic nitrogens is 2. The summed E-state index contributed by atoms with van der Waals surface area (Å²) < 4.78 is 0. The summed E-state index contributed by atoms with van der Waals surface area (Å²) in [7, 11) is 1.81. The fourth-order valence-electron chi connectivity index (χ4n) is 3.15. The molecule has 7 nitrogen and oxygen atoms in total.